The standard InChI is InChI=1S/C28H30N8O/c1-34-12-9-23(33-34)22-15-36(28-26(22)27(29)30-17-31-28)20-6-3-18(13-20)16-37-21-7-4-19-5-8-25(32-24(19)14-21)35-10-2-11-35/h4-5,7-9,12,14-15,17-18,20H,2-3,6,10-11,13,16H2,1H3,(H2,29,30,31). The summed E-state index contributed by atoms with van der Waals surface area (Å²) in [5, 5.41) is 6.62. The minimum atomic E-state index is 0.334. The zero-order chi connectivity index (χ0) is 24.9. The van der Waals surface area contributed by atoms with E-state index in [9.17, 15) is 0 Å². The molecule has 1 saturated heterocycles. The molecule has 9 heteroatoms. The van der Waals surface area contributed by atoms with Gasteiger partial charge in [0.15, 0.2) is 0 Å². The Balaban J connectivity index is 1.08. The molecule has 2 fully saturated rings. The van der Waals surface area contributed by atoms with E-state index in [-0.39, 0.29) is 0 Å². The second-order valence-corrected chi connectivity index (χ2v) is 10.3. The van der Waals surface area contributed by atoms with Gasteiger partial charge in [-0.05, 0) is 61.9 Å². The highest BCUT2D eigenvalue weighted by Gasteiger charge is 2.29. The Kier molecular flexibility index (Phi) is 5.23. The summed E-state index contributed by atoms with van der Waals surface area (Å²) in [6.07, 6.45) is 10.1. The second kappa shape index (κ2) is 8.76. The maximum absolute atomic E-state index is 6.30. The van der Waals surface area contributed by atoms with Gasteiger partial charge in [0.1, 0.15) is 29.4 Å². The SMILES string of the molecule is Cn1ccc(-c2cn(C3CCC(COc4ccc5ccc(N6CCC6)nc5c4)C3)c3ncnc(N)c23)n1. The molecule has 0 radical (unpaired) electrons. The van der Waals surface area contributed by atoms with Crippen LogP contribution in [0, 0.1) is 5.92 Å². The zero-order valence-electron chi connectivity index (χ0n) is 20.9. The number of anilines is 2. The second-order valence-electron chi connectivity index (χ2n) is 10.3. The number of pyridine rings is 1. The van der Waals surface area contributed by atoms with Crippen molar-refractivity contribution in [3.05, 3.63) is 55.1 Å². The molecule has 0 amide bonds. The van der Waals surface area contributed by atoms with E-state index in [0.717, 1.165) is 77.1 Å². The lowest BCUT2D eigenvalue weighted by atomic mass is 10.1. The van der Waals surface area contributed by atoms with Crippen molar-refractivity contribution >= 4 is 33.6 Å². The lowest BCUT2D eigenvalue weighted by Crippen LogP contribution is -2.37. The van der Waals surface area contributed by atoms with Gasteiger partial charge in [-0.1, -0.05) is 0 Å². The predicted molar refractivity (Wildman–Crippen MR) is 145 cm³/mol. The first-order valence-electron chi connectivity index (χ1n) is 13.0. The molecule has 37 heavy (non-hydrogen) atoms. The van der Waals surface area contributed by atoms with Gasteiger partial charge in [-0.3, -0.25) is 4.68 Å². The van der Waals surface area contributed by atoms with Crippen LogP contribution in [0.3, 0.4) is 0 Å². The van der Waals surface area contributed by atoms with Crippen LogP contribution in [0.4, 0.5) is 11.6 Å². The summed E-state index contributed by atoms with van der Waals surface area (Å²) >= 11 is 0. The first-order chi connectivity index (χ1) is 18.1. The number of benzene rings is 1. The summed E-state index contributed by atoms with van der Waals surface area (Å²) in [4.78, 5) is 16.0. The molecule has 9 nitrogen and oxygen atoms in total. The number of ether oxygens (including phenoxy) is 1. The minimum absolute atomic E-state index is 0.334. The molecule has 188 valence electrons. The first-order valence-corrected chi connectivity index (χ1v) is 13.0. The van der Waals surface area contributed by atoms with Crippen molar-refractivity contribution in [2.45, 2.75) is 31.7 Å². The number of fused-ring (bicyclic) bond motifs is 2. The average molecular weight is 495 g/mol. The summed E-state index contributed by atoms with van der Waals surface area (Å²) in [6, 6.07) is 12.8. The summed E-state index contributed by atoms with van der Waals surface area (Å²) in [7, 11) is 1.92. The molecule has 2 atom stereocenters. The number of nitrogens with zero attached hydrogens (tertiary/aromatic N) is 7. The molecule has 1 aliphatic carbocycles. The van der Waals surface area contributed by atoms with E-state index in [2.05, 4.69) is 61.1 Å². The molecule has 0 spiro atoms. The van der Waals surface area contributed by atoms with Crippen molar-refractivity contribution in [1.82, 2.24) is 29.3 Å². The number of hydrogen-bond acceptors (Lipinski definition) is 7. The molecule has 1 aromatic carbocycles. The van der Waals surface area contributed by atoms with Crippen LogP contribution < -0.4 is 15.4 Å². The Morgan fingerprint density at radius 2 is 1.97 bits per heavy atom. The fourth-order valence-corrected chi connectivity index (χ4v) is 5.70. The van der Waals surface area contributed by atoms with Crippen LogP contribution in [-0.4, -0.2) is 49.0 Å². The third kappa shape index (κ3) is 3.94. The molecular formula is C28H30N8O. The Morgan fingerprint density at radius 3 is 2.78 bits per heavy atom. The third-order valence-corrected chi connectivity index (χ3v) is 7.85. The Hall–Kier alpha value is -4.14. The third-order valence-electron chi connectivity index (χ3n) is 7.85. The maximum atomic E-state index is 6.30. The summed E-state index contributed by atoms with van der Waals surface area (Å²) in [5.74, 6) is 2.90. The number of aromatic nitrogens is 6. The van der Waals surface area contributed by atoms with Crippen LogP contribution in [0.1, 0.15) is 31.7 Å². The van der Waals surface area contributed by atoms with Gasteiger partial charge in [0.2, 0.25) is 0 Å². The monoisotopic (exact) mass is 494 g/mol. The highest BCUT2D eigenvalue weighted by molar-refractivity contribution is 5.99. The largest absolute Gasteiger partial charge is 0.493 e. The lowest BCUT2D eigenvalue weighted by molar-refractivity contribution is 0.248. The van der Waals surface area contributed by atoms with Crippen LogP contribution in [0.15, 0.2) is 55.1 Å². The Bertz CT molecular complexity index is 1600. The van der Waals surface area contributed by atoms with Crippen molar-refractivity contribution in [2.24, 2.45) is 13.0 Å². The average Bonchev–Trinajstić information content (AvgIpc) is 3.60. The molecule has 0 bridgehead atoms. The number of aryl methyl sites for hydroxylation is 1. The van der Waals surface area contributed by atoms with E-state index in [0.29, 0.717) is 24.4 Å². The zero-order valence-corrected chi connectivity index (χ0v) is 20.9. The summed E-state index contributed by atoms with van der Waals surface area (Å²) in [6.45, 7) is 2.88. The van der Waals surface area contributed by atoms with Gasteiger partial charge in [0.25, 0.3) is 0 Å². The molecule has 1 aliphatic heterocycles. The molecule has 5 heterocycles. The van der Waals surface area contributed by atoms with E-state index >= 15 is 0 Å². The normalized spacial score (nSPS) is 19.5. The Morgan fingerprint density at radius 1 is 1.08 bits per heavy atom. The van der Waals surface area contributed by atoms with Gasteiger partial charge in [-0.15, -0.1) is 0 Å². The van der Waals surface area contributed by atoms with E-state index in [1.165, 1.54) is 6.42 Å². The van der Waals surface area contributed by atoms with E-state index in [1.807, 2.05) is 19.3 Å². The van der Waals surface area contributed by atoms with Crippen LogP contribution >= 0.6 is 0 Å². The van der Waals surface area contributed by atoms with Gasteiger partial charge < -0.3 is 19.9 Å². The molecule has 7 rings (SSSR count). The summed E-state index contributed by atoms with van der Waals surface area (Å²) in [5.41, 5.74) is 10.0. The molecule has 2 N–H and O–H groups in total. The number of hydrogen-bond donors (Lipinski definition) is 1. The molecular weight excluding hydrogens is 464 g/mol. The van der Waals surface area contributed by atoms with E-state index in [4.69, 9.17) is 15.5 Å². The van der Waals surface area contributed by atoms with Crippen molar-refractivity contribution < 1.29 is 4.74 Å². The predicted octanol–water partition coefficient (Wildman–Crippen LogP) is 4.59. The van der Waals surface area contributed by atoms with Gasteiger partial charge in [0, 0.05) is 55.6 Å². The highest BCUT2D eigenvalue weighted by Crippen LogP contribution is 2.40. The minimum Gasteiger partial charge on any atom is -0.493 e. The smallest absolute Gasteiger partial charge is 0.146 e. The van der Waals surface area contributed by atoms with Crippen molar-refractivity contribution in [2.75, 3.05) is 30.3 Å². The molecule has 4 aromatic heterocycles. The molecule has 2 unspecified atom stereocenters. The van der Waals surface area contributed by atoms with Gasteiger partial charge in [0.05, 0.1) is 23.2 Å². The fraction of sp³-hybridized carbons (Fsp3) is 0.357. The topological polar surface area (TPSA) is 99.9 Å². The fourth-order valence-electron chi connectivity index (χ4n) is 5.70. The molecule has 1 saturated carbocycles. The van der Waals surface area contributed by atoms with Crippen molar-refractivity contribution in [1.29, 1.82) is 0 Å². The van der Waals surface area contributed by atoms with Gasteiger partial charge in [-0.25, -0.2) is 15.0 Å². The van der Waals surface area contributed by atoms with E-state index < -0.39 is 0 Å². The van der Waals surface area contributed by atoms with Gasteiger partial charge in [-0.2, -0.15) is 5.10 Å². The maximum Gasteiger partial charge on any atom is 0.146 e. The molecule has 2 aliphatic rings. The number of nitrogen functional groups attached to an aromatic ring is 1. The van der Waals surface area contributed by atoms with Gasteiger partial charge >= 0.3 is 0 Å². The van der Waals surface area contributed by atoms with Crippen molar-refractivity contribution in [3.8, 4) is 17.0 Å². The first kappa shape index (κ1) is 22.1. The van der Waals surface area contributed by atoms with Crippen LogP contribution in [-0.2, 0) is 7.05 Å². The van der Waals surface area contributed by atoms with E-state index in [1.54, 1.807) is 11.0 Å². The number of nitrogens with two attached hydrogens (primary N) is 1. The van der Waals surface area contributed by atoms with Crippen LogP contribution in [0.2, 0.25) is 0 Å². The Labute approximate surface area is 214 Å². The van der Waals surface area contributed by atoms with Crippen molar-refractivity contribution in [3.63, 3.8) is 0 Å². The highest BCUT2D eigenvalue weighted by atomic mass is 16.5. The summed E-state index contributed by atoms with van der Waals surface area (Å²) < 4.78 is 10.4. The van der Waals surface area contributed by atoms with Crippen LogP contribution in [0.25, 0.3) is 33.2 Å². The lowest BCUT2D eigenvalue weighted by Gasteiger charge is -2.32. The molecule has 5 aromatic rings. The number of rotatable bonds is 6. The van der Waals surface area contributed by atoms with Crippen LogP contribution in [0.5, 0.6) is 5.75 Å². The quantitative estimate of drug-likeness (QED) is 0.368.